The summed E-state index contributed by atoms with van der Waals surface area (Å²) in [4.78, 5) is 0. The van der Waals surface area contributed by atoms with E-state index in [1.165, 1.54) is 0 Å². The van der Waals surface area contributed by atoms with Gasteiger partial charge in [0.15, 0.2) is 0 Å². The van der Waals surface area contributed by atoms with Crippen molar-refractivity contribution in [2.24, 2.45) is 5.92 Å². The predicted octanol–water partition coefficient (Wildman–Crippen LogP) is 2.48. The fraction of sp³-hybridized carbons (Fsp3) is 1.00. The minimum atomic E-state index is -1.47. The molecule has 0 radical (unpaired) electrons. The van der Waals surface area contributed by atoms with Crippen LogP contribution < -0.4 is 0 Å². The normalized spacial score (nSPS) is 43.7. The van der Waals surface area contributed by atoms with Crippen LogP contribution in [0.15, 0.2) is 0 Å². The first kappa shape index (κ1) is 6.97. The summed E-state index contributed by atoms with van der Waals surface area (Å²) >= 11 is 0. The summed E-state index contributed by atoms with van der Waals surface area (Å²) in [5.41, 5.74) is -1.47. The van der Waals surface area contributed by atoms with E-state index >= 15 is 0 Å². The zero-order valence-corrected chi connectivity index (χ0v) is 5.66. The quantitative estimate of drug-likeness (QED) is 0.516. The second-order valence-corrected chi connectivity index (χ2v) is 2.96. The lowest BCUT2D eigenvalue weighted by Gasteiger charge is -2.19. The Morgan fingerprint density at radius 2 is 2.33 bits per heavy atom. The van der Waals surface area contributed by atoms with Crippen molar-refractivity contribution >= 4 is 0 Å². The van der Waals surface area contributed by atoms with E-state index in [9.17, 15) is 8.78 Å². The highest BCUT2D eigenvalue weighted by Gasteiger charge is 2.40. The lowest BCUT2D eigenvalue weighted by Crippen LogP contribution is -2.28. The van der Waals surface area contributed by atoms with Gasteiger partial charge < -0.3 is 0 Å². The summed E-state index contributed by atoms with van der Waals surface area (Å²) in [6.07, 6.45) is 2.12. The molecule has 1 fully saturated rings. The number of rotatable bonds is 1. The summed E-state index contributed by atoms with van der Waals surface area (Å²) in [7, 11) is 0. The number of alkyl halides is 2. The van der Waals surface area contributed by atoms with Gasteiger partial charge in [0.1, 0.15) is 12.3 Å². The Balaban J connectivity index is 2.56. The first-order chi connectivity index (χ1) is 4.19. The third-order valence-corrected chi connectivity index (χ3v) is 2.33. The van der Waals surface area contributed by atoms with Crippen LogP contribution in [0, 0.1) is 5.92 Å². The van der Waals surface area contributed by atoms with Crippen LogP contribution in [0.2, 0.25) is 0 Å². The van der Waals surface area contributed by atoms with Gasteiger partial charge in [-0.3, -0.25) is 0 Å². The molecular formula is C7H12F2. The summed E-state index contributed by atoms with van der Waals surface area (Å²) in [5, 5.41) is 0. The van der Waals surface area contributed by atoms with Crippen molar-refractivity contribution in [1.82, 2.24) is 0 Å². The second-order valence-electron chi connectivity index (χ2n) is 2.96. The zero-order valence-electron chi connectivity index (χ0n) is 5.66. The molecule has 2 unspecified atom stereocenters. The number of hydrogen-bond donors (Lipinski definition) is 0. The lowest BCUT2D eigenvalue weighted by atomic mass is 9.96. The van der Waals surface area contributed by atoms with Gasteiger partial charge in [-0.1, -0.05) is 6.92 Å². The summed E-state index contributed by atoms with van der Waals surface area (Å²) in [5.74, 6) is -0.0671. The molecule has 2 heteroatoms. The molecule has 1 aliphatic rings. The fourth-order valence-electron chi connectivity index (χ4n) is 1.41. The summed E-state index contributed by atoms with van der Waals surface area (Å²) in [6.45, 7) is 0.987. The standard InChI is InChI=1S/C7H12F2/c1-6-3-2-4-7(6,9)5-8/h6H,2-5H2,1H3. The minimum absolute atomic E-state index is 0.0671. The fourth-order valence-corrected chi connectivity index (χ4v) is 1.41. The molecule has 0 amide bonds. The third kappa shape index (κ3) is 1.07. The van der Waals surface area contributed by atoms with Gasteiger partial charge in [0, 0.05) is 0 Å². The monoisotopic (exact) mass is 134 g/mol. The largest absolute Gasteiger partial charge is 0.248 e. The minimum Gasteiger partial charge on any atom is -0.248 e. The van der Waals surface area contributed by atoms with Gasteiger partial charge in [-0.15, -0.1) is 0 Å². The Labute approximate surface area is 54.3 Å². The molecule has 0 saturated heterocycles. The maximum atomic E-state index is 13.1. The predicted molar refractivity (Wildman–Crippen MR) is 32.8 cm³/mol. The van der Waals surface area contributed by atoms with Crippen LogP contribution in [0.4, 0.5) is 8.78 Å². The van der Waals surface area contributed by atoms with Crippen molar-refractivity contribution in [3.63, 3.8) is 0 Å². The first-order valence-corrected chi connectivity index (χ1v) is 3.44. The van der Waals surface area contributed by atoms with E-state index in [0.29, 0.717) is 6.42 Å². The van der Waals surface area contributed by atoms with Crippen LogP contribution in [0.25, 0.3) is 0 Å². The molecular weight excluding hydrogens is 122 g/mol. The van der Waals surface area contributed by atoms with E-state index in [0.717, 1.165) is 12.8 Å². The van der Waals surface area contributed by atoms with Crippen LogP contribution in [-0.2, 0) is 0 Å². The van der Waals surface area contributed by atoms with Gasteiger partial charge in [0.2, 0.25) is 0 Å². The van der Waals surface area contributed by atoms with Crippen LogP contribution in [0.3, 0.4) is 0 Å². The molecule has 1 aliphatic carbocycles. The van der Waals surface area contributed by atoms with Crippen molar-refractivity contribution in [3.05, 3.63) is 0 Å². The van der Waals surface area contributed by atoms with Crippen molar-refractivity contribution < 1.29 is 8.78 Å². The summed E-state index contributed by atoms with van der Waals surface area (Å²) in [6, 6.07) is 0. The Bertz CT molecular complexity index is 103. The van der Waals surface area contributed by atoms with Crippen molar-refractivity contribution in [1.29, 1.82) is 0 Å². The van der Waals surface area contributed by atoms with Crippen molar-refractivity contribution in [2.75, 3.05) is 6.67 Å². The van der Waals surface area contributed by atoms with Crippen LogP contribution >= 0.6 is 0 Å². The molecule has 0 heterocycles. The molecule has 0 N–H and O–H groups in total. The Morgan fingerprint density at radius 3 is 2.56 bits per heavy atom. The molecule has 1 saturated carbocycles. The molecule has 0 bridgehead atoms. The topological polar surface area (TPSA) is 0 Å². The highest BCUT2D eigenvalue weighted by molar-refractivity contribution is 4.89. The smallest absolute Gasteiger partial charge is 0.141 e. The average molecular weight is 134 g/mol. The molecule has 9 heavy (non-hydrogen) atoms. The lowest BCUT2D eigenvalue weighted by molar-refractivity contribution is 0.0838. The molecule has 0 spiro atoms. The number of hydrogen-bond acceptors (Lipinski definition) is 0. The Hall–Kier alpha value is -0.140. The van der Waals surface area contributed by atoms with E-state index in [-0.39, 0.29) is 5.92 Å². The highest BCUT2D eigenvalue weighted by atomic mass is 19.2. The molecule has 0 aromatic heterocycles. The van der Waals surface area contributed by atoms with Crippen LogP contribution in [0.1, 0.15) is 26.2 Å². The Kier molecular flexibility index (Phi) is 1.73. The zero-order chi connectivity index (χ0) is 6.91. The van der Waals surface area contributed by atoms with Gasteiger partial charge >= 0.3 is 0 Å². The third-order valence-electron chi connectivity index (χ3n) is 2.33. The summed E-state index contributed by atoms with van der Waals surface area (Å²) < 4.78 is 25.0. The molecule has 0 aromatic rings. The van der Waals surface area contributed by atoms with Gasteiger partial charge in [-0.05, 0) is 25.2 Å². The van der Waals surface area contributed by atoms with Crippen molar-refractivity contribution in [3.8, 4) is 0 Å². The number of halogens is 2. The van der Waals surface area contributed by atoms with Gasteiger partial charge in [-0.2, -0.15) is 0 Å². The van der Waals surface area contributed by atoms with E-state index in [1.807, 2.05) is 0 Å². The SMILES string of the molecule is CC1CCCC1(F)CF. The van der Waals surface area contributed by atoms with Crippen LogP contribution in [0.5, 0.6) is 0 Å². The Morgan fingerprint density at radius 1 is 1.67 bits per heavy atom. The molecule has 0 aliphatic heterocycles. The maximum absolute atomic E-state index is 13.1. The van der Waals surface area contributed by atoms with Gasteiger partial charge in [-0.25, -0.2) is 8.78 Å². The molecule has 54 valence electrons. The van der Waals surface area contributed by atoms with Gasteiger partial charge in [0.05, 0.1) is 0 Å². The second kappa shape index (κ2) is 2.24. The van der Waals surface area contributed by atoms with E-state index in [1.54, 1.807) is 6.92 Å². The van der Waals surface area contributed by atoms with Crippen LogP contribution in [-0.4, -0.2) is 12.3 Å². The maximum Gasteiger partial charge on any atom is 0.141 e. The van der Waals surface area contributed by atoms with E-state index in [4.69, 9.17) is 0 Å². The average Bonchev–Trinajstić information content (AvgIpc) is 2.15. The molecule has 0 aromatic carbocycles. The van der Waals surface area contributed by atoms with E-state index < -0.39 is 12.3 Å². The van der Waals surface area contributed by atoms with Gasteiger partial charge in [0.25, 0.3) is 0 Å². The first-order valence-electron chi connectivity index (χ1n) is 3.44. The van der Waals surface area contributed by atoms with E-state index in [2.05, 4.69) is 0 Å². The van der Waals surface area contributed by atoms with Crippen molar-refractivity contribution in [2.45, 2.75) is 31.9 Å². The molecule has 2 atom stereocenters. The highest BCUT2D eigenvalue weighted by Crippen LogP contribution is 2.38. The molecule has 0 nitrogen and oxygen atoms in total. The molecule has 1 rings (SSSR count).